The predicted octanol–water partition coefficient (Wildman–Crippen LogP) is 4.22. The maximum Gasteiger partial charge on any atom is 0.337 e. The third kappa shape index (κ3) is 4.24. The van der Waals surface area contributed by atoms with Crippen LogP contribution in [-0.4, -0.2) is 25.7 Å². The Morgan fingerprint density at radius 3 is 2.38 bits per heavy atom. The largest absolute Gasteiger partial charge is 0.490 e. The molecule has 2 rings (SSSR count). The summed E-state index contributed by atoms with van der Waals surface area (Å²) in [6, 6.07) is 2.12. The highest BCUT2D eigenvalue weighted by molar-refractivity contribution is 6.37. The minimum Gasteiger partial charge on any atom is -0.490 e. The van der Waals surface area contributed by atoms with Crippen LogP contribution in [0.15, 0.2) is 23.4 Å². The number of methoxy groups -OCH3 is 1. The van der Waals surface area contributed by atoms with Gasteiger partial charge in [0, 0.05) is 5.70 Å². The number of halogens is 2. The van der Waals surface area contributed by atoms with E-state index in [9.17, 15) is 9.59 Å². The molecule has 0 bridgehead atoms. The lowest BCUT2D eigenvalue weighted by atomic mass is 9.91. The first kappa shape index (κ1) is 20.4. The van der Waals surface area contributed by atoms with Crippen molar-refractivity contribution in [3.8, 4) is 5.75 Å². The summed E-state index contributed by atoms with van der Waals surface area (Å²) in [4.78, 5) is 24.5. The Morgan fingerprint density at radius 1 is 1.27 bits per heavy atom. The van der Waals surface area contributed by atoms with Gasteiger partial charge in [0.2, 0.25) is 0 Å². The average Bonchev–Trinajstić information content (AvgIpc) is 2.59. The fourth-order valence-corrected chi connectivity index (χ4v) is 3.33. The van der Waals surface area contributed by atoms with Crippen molar-refractivity contribution in [2.24, 2.45) is 5.92 Å². The normalized spacial score (nSPS) is 17.0. The van der Waals surface area contributed by atoms with Crippen molar-refractivity contribution in [1.82, 2.24) is 10.6 Å². The van der Waals surface area contributed by atoms with E-state index < -0.39 is 18.0 Å². The number of carbonyl (C=O) groups excluding carboxylic acids is 2. The highest BCUT2D eigenvalue weighted by atomic mass is 35.5. The van der Waals surface area contributed by atoms with E-state index in [1.54, 1.807) is 12.1 Å². The van der Waals surface area contributed by atoms with Gasteiger partial charge in [-0.25, -0.2) is 9.59 Å². The number of amides is 2. The van der Waals surface area contributed by atoms with Crippen LogP contribution in [0.1, 0.15) is 38.8 Å². The van der Waals surface area contributed by atoms with Crippen LogP contribution in [0, 0.1) is 5.92 Å². The SMILES string of the molecule is CCCOc1c(Cl)cc(C2NC(=O)NC(C(C)C)=C2C(=O)OC)cc1Cl. The first-order valence-electron chi connectivity index (χ1n) is 8.31. The second kappa shape index (κ2) is 8.64. The molecule has 1 aliphatic rings. The van der Waals surface area contributed by atoms with Gasteiger partial charge in [-0.05, 0) is 30.0 Å². The summed E-state index contributed by atoms with van der Waals surface area (Å²) in [6.45, 7) is 6.21. The number of allylic oxidation sites excluding steroid dienone is 1. The molecular formula is C18H22Cl2N2O4. The highest BCUT2D eigenvalue weighted by Crippen LogP contribution is 2.39. The number of urea groups is 1. The molecule has 6 nitrogen and oxygen atoms in total. The van der Waals surface area contributed by atoms with Crippen molar-refractivity contribution in [1.29, 1.82) is 0 Å². The first-order chi connectivity index (χ1) is 12.3. The zero-order valence-corrected chi connectivity index (χ0v) is 16.6. The number of hydrogen-bond donors (Lipinski definition) is 2. The van der Waals surface area contributed by atoms with Gasteiger partial charge >= 0.3 is 12.0 Å². The Labute approximate surface area is 162 Å². The van der Waals surface area contributed by atoms with Crippen molar-refractivity contribution in [3.05, 3.63) is 39.0 Å². The van der Waals surface area contributed by atoms with Gasteiger partial charge in [0.1, 0.15) is 0 Å². The second-order valence-electron chi connectivity index (χ2n) is 6.17. The lowest BCUT2D eigenvalue weighted by molar-refractivity contribution is -0.136. The summed E-state index contributed by atoms with van der Waals surface area (Å²) in [5, 5.41) is 6.04. The Bertz CT molecular complexity index is 724. The number of ether oxygens (including phenoxy) is 2. The molecule has 0 fully saturated rings. The fourth-order valence-electron chi connectivity index (χ4n) is 2.72. The quantitative estimate of drug-likeness (QED) is 0.700. The minimum atomic E-state index is -0.733. The molecule has 142 valence electrons. The average molecular weight is 401 g/mol. The van der Waals surface area contributed by atoms with Gasteiger partial charge in [-0.2, -0.15) is 0 Å². The van der Waals surface area contributed by atoms with Crippen LogP contribution in [0.25, 0.3) is 0 Å². The molecular weight excluding hydrogens is 379 g/mol. The summed E-state index contributed by atoms with van der Waals surface area (Å²) in [5.41, 5.74) is 1.39. The molecule has 0 radical (unpaired) electrons. The summed E-state index contributed by atoms with van der Waals surface area (Å²) in [7, 11) is 1.29. The molecule has 1 heterocycles. The van der Waals surface area contributed by atoms with E-state index in [0.717, 1.165) is 6.42 Å². The molecule has 1 aromatic carbocycles. The van der Waals surface area contributed by atoms with Crippen LogP contribution in [0.3, 0.4) is 0 Å². The predicted molar refractivity (Wildman–Crippen MR) is 101 cm³/mol. The van der Waals surface area contributed by atoms with E-state index >= 15 is 0 Å². The van der Waals surface area contributed by atoms with E-state index in [-0.39, 0.29) is 5.92 Å². The van der Waals surface area contributed by atoms with Crippen molar-refractivity contribution >= 4 is 35.2 Å². The summed E-state index contributed by atoms with van der Waals surface area (Å²) in [6.07, 6.45) is 0.811. The molecule has 0 aliphatic carbocycles. The Balaban J connectivity index is 2.55. The van der Waals surface area contributed by atoms with E-state index in [4.69, 9.17) is 32.7 Å². The molecule has 0 aromatic heterocycles. The zero-order valence-electron chi connectivity index (χ0n) is 15.1. The molecule has 0 spiro atoms. The van der Waals surface area contributed by atoms with Crippen molar-refractivity contribution < 1.29 is 19.1 Å². The van der Waals surface area contributed by atoms with Crippen LogP contribution < -0.4 is 15.4 Å². The molecule has 0 saturated carbocycles. The number of esters is 1. The third-order valence-corrected chi connectivity index (χ3v) is 4.45. The molecule has 2 amide bonds. The number of hydrogen-bond acceptors (Lipinski definition) is 4. The van der Waals surface area contributed by atoms with Gasteiger partial charge in [-0.3, -0.25) is 0 Å². The van der Waals surface area contributed by atoms with Crippen molar-refractivity contribution in [3.63, 3.8) is 0 Å². The van der Waals surface area contributed by atoms with Gasteiger partial charge in [0.05, 0.1) is 35.4 Å². The van der Waals surface area contributed by atoms with Gasteiger partial charge in [0.15, 0.2) is 5.75 Å². The third-order valence-electron chi connectivity index (χ3n) is 3.89. The Morgan fingerprint density at radius 2 is 1.88 bits per heavy atom. The molecule has 8 heteroatoms. The zero-order chi connectivity index (χ0) is 19.4. The summed E-state index contributed by atoms with van der Waals surface area (Å²) < 4.78 is 10.5. The number of benzene rings is 1. The molecule has 2 N–H and O–H groups in total. The van der Waals surface area contributed by atoms with E-state index in [0.29, 0.717) is 39.2 Å². The molecule has 1 aromatic rings. The number of rotatable bonds is 6. The topological polar surface area (TPSA) is 76.7 Å². The van der Waals surface area contributed by atoms with Gasteiger partial charge in [0.25, 0.3) is 0 Å². The van der Waals surface area contributed by atoms with E-state index in [1.807, 2.05) is 20.8 Å². The van der Waals surface area contributed by atoms with Crippen LogP contribution in [0.5, 0.6) is 5.75 Å². The van der Waals surface area contributed by atoms with Crippen LogP contribution in [0.4, 0.5) is 4.79 Å². The van der Waals surface area contributed by atoms with Crippen LogP contribution >= 0.6 is 23.2 Å². The minimum absolute atomic E-state index is 0.0873. The lowest BCUT2D eigenvalue weighted by Crippen LogP contribution is -2.47. The van der Waals surface area contributed by atoms with E-state index in [1.165, 1.54) is 7.11 Å². The Hall–Kier alpha value is -1.92. The number of nitrogens with one attached hydrogen (secondary N) is 2. The summed E-state index contributed by atoms with van der Waals surface area (Å²) in [5.74, 6) is -0.243. The fraction of sp³-hybridized carbons (Fsp3) is 0.444. The molecule has 0 saturated heterocycles. The van der Waals surface area contributed by atoms with Crippen LogP contribution in [0.2, 0.25) is 10.0 Å². The monoisotopic (exact) mass is 400 g/mol. The molecule has 1 atom stereocenters. The first-order valence-corrected chi connectivity index (χ1v) is 9.07. The molecule has 26 heavy (non-hydrogen) atoms. The summed E-state index contributed by atoms with van der Waals surface area (Å²) >= 11 is 12.6. The van der Waals surface area contributed by atoms with Crippen molar-refractivity contribution in [2.45, 2.75) is 33.2 Å². The van der Waals surface area contributed by atoms with Gasteiger partial charge < -0.3 is 20.1 Å². The maximum atomic E-state index is 12.4. The molecule has 1 aliphatic heterocycles. The maximum absolute atomic E-state index is 12.4. The lowest BCUT2D eigenvalue weighted by Gasteiger charge is -2.31. The van der Waals surface area contributed by atoms with Gasteiger partial charge in [-0.15, -0.1) is 0 Å². The standard InChI is InChI=1S/C18H22Cl2N2O4/c1-5-6-26-16-11(19)7-10(8-12(16)20)15-13(17(23)25-4)14(9(2)3)21-18(24)22-15/h7-9,15H,5-6H2,1-4H3,(H2,21,22,24). The Kier molecular flexibility index (Phi) is 6.78. The smallest absolute Gasteiger partial charge is 0.337 e. The second-order valence-corrected chi connectivity index (χ2v) is 6.98. The molecule has 1 unspecified atom stereocenters. The van der Waals surface area contributed by atoms with E-state index in [2.05, 4.69) is 10.6 Å². The van der Waals surface area contributed by atoms with Gasteiger partial charge in [-0.1, -0.05) is 44.0 Å². The van der Waals surface area contributed by atoms with Crippen molar-refractivity contribution in [2.75, 3.05) is 13.7 Å². The number of carbonyl (C=O) groups is 2. The highest BCUT2D eigenvalue weighted by Gasteiger charge is 2.35. The van der Waals surface area contributed by atoms with Crippen LogP contribution in [-0.2, 0) is 9.53 Å².